The van der Waals surface area contributed by atoms with Crippen LogP contribution in [-0.4, -0.2) is 36.6 Å². The van der Waals surface area contributed by atoms with E-state index in [4.69, 9.17) is 9.47 Å². The molecule has 158 valence electrons. The summed E-state index contributed by atoms with van der Waals surface area (Å²) in [5.74, 6) is -0.280. The smallest absolute Gasteiger partial charge is 0.328 e. The van der Waals surface area contributed by atoms with Gasteiger partial charge in [-0.1, -0.05) is 51.1 Å². The number of methoxy groups -OCH3 is 1. The first-order valence-electron chi connectivity index (χ1n) is 9.93. The number of H-pyrrole nitrogens is 1. The Morgan fingerprint density at radius 3 is 2.43 bits per heavy atom. The van der Waals surface area contributed by atoms with Crippen molar-refractivity contribution in [3.63, 3.8) is 0 Å². The average Bonchev–Trinajstić information content (AvgIpc) is 3.14. The summed E-state index contributed by atoms with van der Waals surface area (Å²) in [6.45, 7) is 6.22. The van der Waals surface area contributed by atoms with Crippen LogP contribution in [0.3, 0.4) is 0 Å². The summed E-state index contributed by atoms with van der Waals surface area (Å²) in [4.78, 5) is 27.8. The van der Waals surface area contributed by atoms with Crippen LogP contribution in [0.25, 0.3) is 10.9 Å². The Morgan fingerprint density at radius 1 is 1.07 bits per heavy atom. The molecule has 1 atom stereocenters. The molecule has 6 heteroatoms. The van der Waals surface area contributed by atoms with E-state index in [1.54, 1.807) is 0 Å². The lowest BCUT2D eigenvalue weighted by atomic mass is 9.87. The average molecular weight is 408 g/mol. The number of benzene rings is 2. The summed E-state index contributed by atoms with van der Waals surface area (Å²) < 4.78 is 10.5. The first-order chi connectivity index (χ1) is 14.3. The van der Waals surface area contributed by atoms with E-state index in [-0.39, 0.29) is 17.9 Å². The summed E-state index contributed by atoms with van der Waals surface area (Å²) >= 11 is 0. The molecule has 0 saturated carbocycles. The fourth-order valence-electron chi connectivity index (χ4n) is 3.29. The number of nitrogens with one attached hydrogen (secondary N) is 2. The Hall–Kier alpha value is -3.28. The lowest BCUT2D eigenvalue weighted by molar-refractivity contribution is -0.145. The second-order valence-electron chi connectivity index (χ2n) is 8.27. The largest absolute Gasteiger partial charge is 0.484 e. The number of amides is 1. The number of carbonyl (C=O) groups excluding carboxylic acids is 2. The van der Waals surface area contributed by atoms with E-state index in [9.17, 15) is 9.59 Å². The number of para-hydroxylation sites is 1. The van der Waals surface area contributed by atoms with Gasteiger partial charge >= 0.3 is 5.97 Å². The van der Waals surface area contributed by atoms with Crippen molar-refractivity contribution in [3.8, 4) is 5.75 Å². The first-order valence-corrected chi connectivity index (χ1v) is 9.93. The predicted molar refractivity (Wildman–Crippen MR) is 117 cm³/mol. The molecule has 0 radical (unpaired) electrons. The Bertz CT molecular complexity index is 1020. The Kier molecular flexibility index (Phi) is 6.45. The third-order valence-corrected chi connectivity index (χ3v) is 5.01. The molecule has 6 nitrogen and oxygen atoms in total. The fourth-order valence-corrected chi connectivity index (χ4v) is 3.29. The van der Waals surface area contributed by atoms with Gasteiger partial charge in [-0.2, -0.15) is 0 Å². The van der Waals surface area contributed by atoms with Crippen LogP contribution in [0.4, 0.5) is 0 Å². The van der Waals surface area contributed by atoms with Gasteiger partial charge in [0.1, 0.15) is 11.8 Å². The van der Waals surface area contributed by atoms with Crippen molar-refractivity contribution in [1.82, 2.24) is 10.3 Å². The van der Waals surface area contributed by atoms with Crippen molar-refractivity contribution in [1.29, 1.82) is 0 Å². The van der Waals surface area contributed by atoms with Gasteiger partial charge in [0.05, 0.1) is 7.11 Å². The molecule has 2 N–H and O–H groups in total. The van der Waals surface area contributed by atoms with Gasteiger partial charge in [-0.15, -0.1) is 0 Å². The molecule has 3 rings (SSSR count). The molecule has 0 saturated heterocycles. The van der Waals surface area contributed by atoms with Gasteiger partial charge in [-0.25, -0.2) is 4.79 Å². The summed E-state index contributed by atoms with van der Waals surface area (Å²) in [7, 11) is 1.31. The summed E-state index contributed by atoms with van der Waals surface area (Å²) in [5.41, 5.74) is 3.14. The highest BCUT2D eigenvalue weighted by Gasteiger charge is 2.23. The van der Waals surface area contributed by atoms with Crippen molar-refractivity contribution in [2.24, 2.45) is 0 Å². The normalized spacial score (nSPS) is 12.4. The predicted octanol–water partition coefficient (Wildman–Crippen LogP) is 3.74. The number of esters is 1. The zero-order valence-corrected chi connectivity index (χ0v) is 17.8. The lowest BCUT2D eigenvalue weighted by Crippen LogP contribution is -2.44. The van der Waals surface area contributed by atoms with Crippen molar-refractivity contribution in [2.75, 3.05) is 13.7 Å². The van der Waals surface area contributed by atoms with Gasteiger partial charge in [0, 0.05) is 23.5 Å². The maximum Gasteiger partial charge on any atom is 0.328 e. The van der Waals surface area contributed by atoms with Crippen LogP contribution in [0.15, 0.2) is 54.7 Å². The van der Waals surface area contributed by atoms with Gasteiger partial charge in [-0.3, -0.25) is 4.79 Å². The molecule has 1 amide bonds. The summed E-state index contributed by atoms with van der Waals surface area (Å²) in [6.07, 6.45) is 2.17. The van der Waals surface area contributed by atoms with E-state index in [1.807, 2.05) is 54.7 Å². The second kappa shape index (κ2) is 9.03. The van der Waals surface area contributed by atoms with E-state index in [2.05, 4.69) is 31.1 Å². The molecule has 2 aromatic carbocycles. The van der Waals surface area contributed by atoms with Crippen LogP contribution >= 0.6 is 0 Å². The van der Waals surface area contributed by atoms with E-state index >= 15 is 0 Å². The number of aromatic nitrogens is 1. The molecule has 0 unspecified atom stereocenters. The number of rotatable bonds is 7. The molecule has 0 aliphatic heterocycles. The topological polar surface area (TPSA) is 80.4 Å². The Labute approximate surface area is 176 Å². The zero-order chi connectivity index (χ0) is 21.7. The lowest BCUT2D eigenvalue weighted by Gasteiger charge is -2.19. The highest BCUT2D eigenvalue weighted by atomic mass is 16.5. The minimum Gasteiger partial charge on any atom is -0.484 e. The van der Waals surface area contributed by atoms with Crippen LogP contribution in [0.1, 0.15) is 31.9 Å². The maximum atomic E-state index is 12.4. The third kappa shape index (κ3) is 5.20. The molecule has 0 aliphatic rings. The highest BCUT2D eigenvalue weighted by Crippen LogP contribution is 2.24. The summed E-state index contributed by atoms with van der Waals surface area (Å²) in [5, 5.41) is 3.73. The number of hydrogen-bond acceptors (Lipinski definition) is 4. The SMILES string of the molecule is COC(=O)[C@@H](Cc1c[nH]c2ccccc12)NC(=O)COc1ccc(C(C)(C)C)cc1. The first kappa shape index (κ1) is 21.4. The van der Waals surface area contributed by atoms with Crippen molar-refractivity contribution in [3.05, 3.63) is 65.9 Å². The molecule has 1 aromatic heterocycles. The van der Waals surface area contributed by atoms with Crippen molar-refractivity contribution >= 4 is 22.8 Å². The van der Waals surface area contributed by atoms with E-state index < -0.39 is 12.0 Å². The molecule has 0 fully saturated rings. The number of fused-ring (bicyclic) bond motifs is 1. The van der Waals surface area contributed by atoms with Crippen LogP contribution < -0.4 is 10.1 Å². The third-order valence-electron chi connectivity index (χ3n) is 5.01. The zero-order valence-electron chi connectivity index (χ0n) is 17.8. The molecular weight excluding hydrogens is 380 g/mol. The molecule has 0 spiro atoms. The Balaban J connectivity index is 1.62. The highest BCUT2D eigenvalue weighted by molar-refractivity contribution is 5.87. The second-order valence-corrected chi connectivity index (χ2v) is 8.27. The minimum atomic E-state index is -0.798. The number of ether oxygens (including phenoxy) is 2. The number of carbonyl (C=O) groups is 2. The van der Waals surface area contributed by atoms with E-state index in [1.165, 1.54) is 12.7 Å². The minimum absolute atomic E-state index is 0.0477. The van der Waals surface area contributed by atoms with Crippen LogP contribution in [0.2, 0.25) is 0 Å². The Morgan fingerprint density at radius 2 is 1.77 bits per heavy atom. The monoisotopic (exact) mass is 408 g/mol. The maximum absolute atomic E-state index is 12.4. The molecule has 0 aliphatic carbocycles. The quantitative estimate of drug-likeness (QED) is 0.584. The molecule has 3 aromatic rings. The van der Waals surface area contributed by atoms with Gasteiger partial charge < -0.3 is 19.8 Å². The van der Waals surface area contributed by atoms with Crippen LogP contribution in [0, 0.1) is 0 Å². The molecule has 0 bridgehead atoms. The van der Waals surface area contributed by atoms with E-state index in [0.29, 0.717) is 12.2 Å². The number of hydrogen-bond donors (Lipinski definition) is 2. The fraction of sp³-hybridized carbons (Fsp3) is 0.333. The van der Waals surface area contributed by atoms with Gasteiger partial charge in [-0.05, 0) is 34.7 Å². The van der Waals surface area contributed by atoms with Gasteiger partial charge in [0.2, 0.25) is 0 Å². The molecule has 30 heavy (non-hydrogen) atoms. The van der Waals surface area contributed by atoms with Crippen LogP contribution in [-0.2, 0) is 26.2 Å². The van der Waals surface area contributed by atoms with Gasteiger partial charge in [0.25, 0.3) is 5.91 Å². The standard InChI is InChI=1S/C24H28N2O4/c1-24(2,3)17-9-11-18(12-10-17)30-15-22(27)26-21(23(28)29-4)13-16-14-25-20-8-6-5-7-19(16)20/h5-12,14,21,25H,13,15H2,1-4H3,(H,26,27)/t21-/m1/s1. The van der Waals surface area contributed by atoms with Crippen molar-refractivity contribution in [2.45, 2.75) is 38.6 Å². The number of aromatic amines is 1. The molecule has 1 heterocycles. The molecular formula is C24H28N2O4. The van der Waals surface area contributed by atoms with Crippen molar-refractivity contribution < 1.29 is 19.1 Å². The van der Waals surface area contributed by atoms with Crippen LogP contribution in [0.5, 0.6) is 5.75 Å². The van der Waals surface area contributed by atoms with E-state index in [0.717, 1.165) is 16.5 Å². The summed E-state index contributed by atoms with van der Waals surface area (Å²) in [6, 6.07) is 14.7. The van der Waals surface area contributed by atoms with Gasteiger partial charge in [0.15, 0.2) is 6.61 Å².